The van der Waals surface area contributed by atoms with Crippen LogP contribution < -0.4 is 10.6 Å². The molecule has 3 nitrogen and oxygen atoms in total. The summed E-state index contributed by atoms with van der Waals surface area (Å²) in [5, 5.41) is 6.77. The maximum Gasteiger partial charge on any atom is 0.0401 e. The van der Waals surface area contributed by atoms with Crippen molar-refractivity contribution in [2.24, 2.45) is 0 Å². The van der Waals surface area contributed by atoms with E-state index in [-0.39, 0.29) is 0 Å². The summed E-state index contributed by atoms with van der Waals surface area (Å²) >= 11 is 0. The molecule has 0 bridgehead atoms. The van der Waals surface area contributed by atoms with Crippen molar-refractivity contribution in [3.63, 3.8) is 0 Å². The highest BCUT2D eigenvalue weighted by Crippen LogP contribution is 2.20. The minimum absolute atomic E-state index is 0.805. The molecule has 2 aromatic carbocycles. The van der Waals surface area contributed by atoms with Crippen LogP contribution in [0.25, 0.3) is 11.1 Å². The molecule has 116 valence electrons. The van der Waals surface area contributed by atoms with Crippen LogP contribution in [0.1, 0.15) is 12.5 Å². The van der Waals surface area contributed by atoms with Gasteiger partial charge in [-0.3, -0.25) is 4.98 Å². The maximum atomic E-state index is 4.07. The first-order chi connectivity index (χ1) is 11.3. The average Bonchev–Trinajstić information content (AvgIpc) is 2.62. The highest BCUT2D eigenvalue weighted by atomic mass is 14.9. The third-order valence-corrected chi connectivity index (χ3v) is 3.70. The molecule has 0 aliphatic carbocycles. The van der Waals surface area contributed by atoms with Gasteiger partial charge in [-0.05, 0) is 66.1 Å². The molecule has 0 aliphatic rings. The van der Waals surface area contributed by atoms with Crippen molar-refractivity contribution in [1.29, 1.82) is 0 Å². The lowest BCUT2D eigenvalue weighted by Crippen LogP contribution is -2.00. The number of anilines is 2. The van der Waals surface area contributed by atoms with E-state index in [0.29, 0.717) is 0 Å². The molecule has 1 aromatic heterocycles. The fraction of sp³-hybridized carbons (Fsp3) is 0.150. The van der Waals surface area contributed by atoms with Crippen LogP contribution in [-0.4, -0.2) is 11.5 Å². The van der Waals surface area contributed by atoms with E-state index in [0.717, 1.165) is 24.5 Å². The minimum atomic E-state index is 0.805. The van der Waals surface area contributed by atoms with Crippen LogP contribution in [0, 0.1) is 0 Å². The Morgan fingerprint density at radius 2 is 1.48 bits per heavy atom. The molecule has 2 N–H and O–H groups in total. The maximum absolute atomic E-state index is 4.07. The zero-order valence-corrected chi connectivity index (χ0v) is 13.3. The zero-order chi connectivity index (χ0) is 15.9. The molecule has 0 unspecified atom stereocenters. The van der Waals surface area contributed by atoms with E-state index >= 15 is 0 Å². The number of rotatable bonds is 6. The predicted molar refractivity (Wildman–Crippen MR) is 97.6 cm³/mol. The molecule has 0 fully saturated rings. The number of hydrogen-bond acceptors (Lipinski definition) is 3. The van der Waals surface area contributed by atoms with Gasteiger partial charge in [0.1, 0.15) is 0 Å². The van der Waals surface area contributed by atoms with E-state index in [2.05, 4.69) is 71.1 Å². The van der Waals surface area contributed by atoms with Gasteiger partial charge in [-0.15, -0.1) is 0 Å². The Hall–Kier alpha value is -2.81. The van der Waals surface area contributed by atoms with Crippen LogP contribution in [0.4, 0.5) is 11.4 Å². The Bertz CT molecular complexity index is 736. The van der Waals surface area contributed by atoms with Gasteiger partial charge in [0, 0.05) is 36.9 Å². The Balaban J connectivity index is 1.66. The topological polar surface area (TPSA) is 37.0 Å². The standard InChI is InChI=1S/C20H21N3/c1-2-22-19-6-8-20(9-7-19)23-15-16-4-3-5-18(14-16)17-10-12-21-13-11-17/h3-14,22-23H,2,15H2,1H3. The number of pyridine rings is 1. The van der Waals surface area contributed by atoms with Crippen LogP contribution in [0.5, 0.6) is 0 Å². The summed E-state index contributed by atoms with van der Waals surface area (Å²) in [6, 6.07) is 21.1. The molecule has 0 aliphatic heterocycles. The Labute approximate surface area is 137 Å². The zero-order valence-electron chi connectivity index (χ0n) is 13.3. The van der Waals surface area contributed by atoms with E-state index in [1.807, 2.05) is 24.5 Å². The highest BCUT2D eigenvalue weighted by Gasteiger charge is 2.00. The average molecular weight is 303 g/mol. The summed E-state index contributed by atoms with van der Waals surface area (Å²) in [4.78, 5) is 4.07. The van der Waals surface area contributed by atoms with Crippen LogP contribution in [-0.2, 0) is 6.54 Å². The molecule has 0 saturated heterocycles. The number of hydrogen-bond donors (Lipinski definition) is 2. The molecule has 0 amide bonds. The number of nitrogens with one attached hydrogen (secondary N) is 2. The van der Waals surface area contributed by atoms with Gasteiger partial charge in [0.15, 0.2) is 0 Å². The minimum Gasteiger partial charge on any atom is -0.385 e. The van der Waals surface area contributed by atoms with Crippen molar-refractivity contribution < 1.29 is 0 Å². The van der Waals surface area contributed by atoms with Gasteiger partial charge in [0.25, 0.3) is 0 Å². The molecule has 0 spiro atoms. The van der Waals surface area contributed by atoms with Gasteiger partial charge in [-0.25, -0.2) is 0 Å². The van der Waals surface area contributed by atoms with E-state index in [4.69, 9.17) is 0 Å². The normalized spacial score (nSPS) is 10.3. The fourth-order valence-corrected chi connectivity index (χ4v) is 2.52. The second kappa shape index (κ2) is 7.45. The van der Waals surface area contributed by atoms with Crippen molar-refractivity contribution in [3.05, 3.63) is 78.6 Å². The van der Waals surface area contributed by atoms with Crippen molar-refractivity contribution >= 4 is 11.4 Å². The number of aromatic nitrogens is 1. The number of nitrogens with zero attached hydrogens (tertiary/aromatic N) is 1. The lowest BCUT2D eigenvalue weighted by atomic mass is 10.0. The number of benzene rings is 2. The summed E-state index contributed by atoms with van der Waals surface area (Å²) in [6.45, 7) is 3.84. The fourth-order valence-electron chi connectivity index (χ4n) is 2.52. The van der Waals surface area contributed by atoms with E-state index < -0.39 is 0 Å². The lowest BCUT2D eigenvalue weighted by Gasteiger charge is -2.10. The van der Waals surface area contributed by atoms with Crippen LogP contribution in [0.3, 0.4) is 0 Å². The molecule has 0 radical (unpaired) electrons. The summed E-state index contributed by atoms with van der Waals surface area (Å²) < 4.78 is 0. The molecule has 1 heterocycles. The van der Waals surface area contributed by atoms with Crippen molar-refractivity contribution in [2.75, 3.05) is 17.2 Å². The van der Waals surface area contributed by atoms with Crippen LogP contribution >= 0.6 is 0 Å². The van der Waals surface area contributed by atoms with Crippen LogP contribution in [0.15, 0.2) is 73.1 Å². The molecule has 3 heteroatoms. The first-order valence-electron chi connectivity index (χ1n) is 7.92. The summed E-state index contributed by atoms with van der Waals surface area (Å²) in [5.41, 5.74) is 5.94. The van der Waals surface area contributed by atoms with E-state index in [9.17, 15) is 0 Å². The SMILES string of the molecule is CCNc1ccc(NCc2cccc(-c3ccncc3)c2)cc1. The van der Waals surface area contributed by atoms with Gasteiger partial charge in [0.2, 0.25) is 0 Å². The second-order valence-corrected chi connectivity index (χ2v) is 5.40. The van der Waals surface area contributed by atoms with Crippen molar-refractivity contribution in [3.8, 4) is 11.1 Å². The van der Waals surface area contributed by atoms with Crippen molar-refractivity contribution in [2.45, 2.75) is 13.5 Å². The molecule has 3 rings (SSSR count). The summed E-state index contributed by atoms with van der Waals surface area (Å²) in [7, 11) is 0. The largest absolute Gasteiger partial charge is 0.385 e. The highest BCUT2D eigenvalue weighted by molar-refractivity contribution is 5.63. The van der Waals surface area contributed by atoms with Crippen LogP contribution in [0.2, 0.25) is 0 Å². The van der Waals surface area contributed by atoms with E-state index in [1.165, 1.54) is 16.7 Å². The molecule has 0 atom stereocenters. The van der Waals surface area contributed by atoms with Gasteiger partial charge < -0.3 is 10.6 Å². The molecular weight excluding hydrogens is 282 g/mol. The Kier molecular flexibility index (Phi) is 4.89. The predicted octanol–water partition coefficient (Wildman–Crippen LogP) is 4.79. The van der Waals surface area contributed by atoms with E-state index in [1.54, 1.807) is 0 Å². The molecule has 23 heavy (non-hydrogen) atoms. The van der Waals surface area contributed by atoms with Crippen molar-refractivity contribution in [1.82, 2.24) is 4.98 Å². The Morgan fingerprint density at radius 3 is 2.17 bits per heavy atom. The monoisotopic (exact) mass is 303 g/mol. The third-order valence-electron chi connectivity index (χ3n) is 3.70. The first kappa shape index (κ1) is 15.1. The van der Waals surface area contributed by atoms with Gasteiger partial charge in [-0.2, -0.15) is 0 Å². The first-order valence-corrected chi connectivity index (χ1v) is 7.92. The third kappa shape index (κ3) is 4.10. The Morgan fingerprint density at radius 1 is 0.783 bits per heavy atom. The lowest BCUT2D eigenvalue weighted by molar-refractivity contribution is 1.15. The smallest absolute Gasteiger partial charge is 0.0401 e. The summed E-state index contributed by atoms with van der Waals surface area (Å²) in [5.74, 6) is 0. The van der Waals surface area contributed by atoms with Gasteiger partial charge >= 0.3 is 0 Å². The van der Waals surface area contributed by atoms with Gasteiger partial charge in [0.05, 0.1) is 0 Å². The molecule has 3 aromatic rings. The van der Waals surface area contributed by atoms with Gasteiger partial charge in [-0.1, -0.05) is 18.2 Å². The molecule has 0 saturated carbocycles. The summed E-state index contributed by atoms with van der Waals surface area (Å²) in [6.07, 6.45) is 3.65. The quantitative estimate of drug-likeness (QED) is 0.687. The molecular formula is C20H21N3. The second-order valence-electron chi connectivity index (χ2n) is 5.40.